The Morgan fingerprint density at radius 2 is 1.83 bits per heavy atom. The number of methoxy groups -OCH3 is 1. The molecular formula is C34H42N6O6. The largest absolute Gasteiger partial charge is 0.483 e. The van der Waals surface area contributed by atoms with E-state index >= 15 is 0 Å². The summed E-state index contributed by atoms with van der Waals surface area (Å²) in [6.45, 7) is 4.49. The van der Waals surface area contributed by atoms with Crippen molar-refractivity contribution >= 4 is 34.8 Å². The van der Waals surface area contributed by atoms with Crippen molar-refractivity contribution in [1.82, 2.24) is 19.9 Å². The molecule has 0 aliphatic heterocycles. The van der Waals surface area contributed by atoms with E-state index in [2.05, 4.69) is 17.2 Å². The zero-order valence-electron chi connectivity index (χ0n) is 26.8. The third-order valence-electron chi connectivity index (χ3n) is 7.52. The van der Waals surface area contributed by atoms with Gasteiger partial charge in [0.05, 0.1) is 31.2 Å². The first-order valence-corrected chi connectivity index (χ1v) is 15.4. The molecule has 0 saturated carbocycles. The molecule has 0 saturated heterocycles. The minimum Gasteiger partial charge on any atom is -0.483 e. The Kier molecular flexibility index (Phi) is 12.1. The van der Waals surface area contributed by atoms with Crippen molar-refractivity contribution in [1.29, 1.82) is 0 Å². The number of benzene rings is 2. The molecular weight excluding hydrogens is 588 g/mol. The lowest BCUT2D eigenvalue weighted by Gasteiger charge is -2.21. The number of hydrogen-bond donors (Lipinski definition) is 2. The van der Waals surface area contributed by atoms with E-state index in [9.17, 15) is 14.4 Å². The number of aromatic nitrogens is 3. The third kappa shape index (κ3) is 8.81. The summed E-state index contributed by atoms with van der Waals surface area (Å²) in [6.07, 6.45) is 4.01. The Balaban J connectivity index is 1.42. The monoisotopic (exact) mass is 630 g/mol. The second kappa shape index (κ2) is 16.4. The molecule has 12 nitrogen and oxygen atoms in total. The molecule has 0 spiro atoms. The number of rotatable bonds is 15. The molecule has 4 aromatic rings. The van der Waals surface area contributed by atoms with Gasteiger partial charge in [-0.2, -0.15) is 0 Å². The van der Waals surface area contributed by atoms with Gasteiger partial charge in [0.25, 0.3) is 5.91 Å². The number of carbonyl (C=O) groups excluding carboxylic acids is 3. The van der Waals surface area contributed by atoms with Crippen LogP contribution in [-0.2, 0) is 21.3 Å². The van der Waals surface area contributed by atoms with Crippen molar-refractivity contribution in [2.75, 3.05) is 25.2 Å². The third-order valence-corrected chi connectivity index (χ3v) is 7.52. The number of nitrogens with zero attached hydrogens (tertiary/aromatic N) is 4. The molecule has 2 atom stereocenters. The summed E-state index contributed by atoms with van der Waals surface area (Å²) in [5.74, 6) is 0.960. The topological polar surface area (TPSA) is 151 Å². The maximum Gasteiger partial charge on any atom is 0.408 e. The second-order valence-electron chi connectivity index (χ2n) is 10.9. The molecule has 0 radical (unpaired) electrons. The summed E-state index contributed by atoms with van der Waals surface area (Å²) >= 11 is 0. The summed E-state index contributed by atoms with van der Waals surface area (Å²) in [6, 6.07) is 17.7. The zero-order valence-corrected chi connectivity index (χ0v) is 26.8. The van der Waals surface area contributed by atoms with Crippen LogP contribution >= 0.6 is 0 Å². The number of nitrogens with one attached hydrogen (secondary N) is 1. The van der Waals surface area contributed by atoms with E-state index in [1.807, 2.05) is 24.6 Å². The summed E-state index contributed by atoms with van der Waals surface area (Å²) < 4.78 is 18.1. The highest BCUT2D eigenvalue weighted by Gasteiger charge is 2.23. The van der Waals surface area contributed by atoms with Crippen LogP contribution in [0.4, 0.5) is 10.6 Å². The Morgan fingerprint density at radius 1 is 1.04 bits per heavy atom. The van der Waals surface area contributed by atoms with E-state index in [1.165, 1.54) is 12.0 Å². The quantitative estimate of drug-likeness (QED) is 0.0974. The summed E-state index contributed by atoms with van der Waals surface area (Å²) in [5.41, 5.74) is 8.71. The molecule has 2 unspecified atom stereocenters. The van der Waals surface area contributed by atoms with E-state index in [4.69, 9.17) is 24.9 Å². The average Bonchev–Trinajstić information content (AvgIpc) is 3.40. The number of pyridine rings is 1. The molecule has 244 valence electrons. The first-order chi connectivity index (χ1) is 22.2. The van der Waals surface area contributed by atoms with Crippen molar-refractivity contribution < 1.29 is 28.6 Å². The van der Waals surface area contributed by atoms with E-state index in [1.54, 1.807) is 60.8 Å². The van der Waals surface area contributed by atoms with Crippen LogP contribution < -0.4 is 20.7 Å². The highest BCUT2D eigenvalue weighted by Crippen LogP contribution is 2.27. The lowest BCUT2D eigenvalue weighted by molar-refractivity contribution is -0.140. The van der Waals surface area contributed by atoms with Crippen LogP contribution in [0.3, 0.4) is 0 Å². The predicted molar refractivity (Wildman–Crippen MR) is 174 cm³/mol. The van der Waals surface area contributed by atoms with Gasteiger partial charge in [-0.25, -0.2) is 14.8 Å². The Hall–Kier alpha value is -4.97. The lowest BCUT2D eigenvalue weighted by atomic mass is 10.1. The van der Waals surface area contributed by atoms with Crippen molar-refractivity contribution in [2.24, 2.45) is 12.8 Å². The summed E-state index contributed by atoms with van der Waals surface area (Å²) in [5, 5.41) is 2.65. The molecule has 0 aliphatic carbocycles. The van der Waals surface area contributed by atoms with Gasteiger partial charge in [0.1, 0.15) is 17.7 Å². The predicted octanol–water partition coefficient (Wildman–Crippen LogP) is 5.58. The fourth-order valence-corrected chi connectivity index (χ4v) is 4.97. The molecule has 0 bridgehead atoms. The number of aryl methyl sites for hydroxylation is 1. The van der Waals surface area contributed by atoms with Crippen molar-refractivity contribution in [3.05, 3.63) is 83.8 Å². The standard InChI is InChI=1S/C34H42N6O6/c1-5-6-7-10-21-45-34(43)38-31(35)24-12-15-26(16-13-24)46-23(2)32-37-27-22-25(14-17-28(27)39(32)3)33(42)40(20-18-30(41)44-4)29-11-8-9-19-36-29/h8-9,11-17,19,22-23,31H,5-7,10,18,20-21,35H2,1-4H3,(H,38,43). The fourth-order valence-electron chi connectivity index (χ4n) is 4.97. The SMILES string of the molecule is CCCCCCOC(=O)NC(N)c1ccc(OC(C)c2nc3cc(C(=O)N(CCC(=O)OC)c4ccccn4)ccc3n2C)cc1. The number of carbonyl (C=O) groups is 3. The van der Waals surface area contributed by atoms with Crippen LogP contribution in [0.5, 0.6) is 5.75 Å². The van der Waals surface area contributed by atoms with Gasteiger partial charge < -0.3 is 29.8 Å². The van der Waals surface area contributed by atoms with Crippen molar-refractivity contribution in [3.63, 3.8) is 0 Å². The number of ether oxygens (including phenoxy) is 3. The van der Waals surface area contributed by atoms with Gasteiger partial charge >= 0.3 is 12.1 Å². The molecule has 3 N–H and O–H groups in total. The number of esters is 1. The number of imidazole rings is 1. The molecule has 2 aromatic carbocycles. The molecule has 2 heterocycles. The molecule has 0 fully saturated rings. The van der Waals surface area contributed by atoms with Gasteiger partial charge in [-0.05, 0) is 61.4 Å². The normalized spacial score (nSPS) is 12.3. The zero-order chi connectivity index (χ0) is 33.1. The highest BCUT2D eigenvalue weighted by atomic mass is 16.5. The number of unbranched alkanes of at least 4 members (excludes halogenated alkanes) is 3. The van der Waals surface area contributed by atoms with Gasteiger partial charge in [-0.1, -0.05) is 44.4 Å². The van der Waals surface area contributed by atoms with Crippen LogP contribution in [-0.4, -0.2) is 52.8 Å². The number of alkyl carbamates (subject to hydrolysis) is 1. The van der Waals surface area contributed by atoms with Crippen molar-refractivity contribution in [2.45, 2.75) is 58.2 Å². The first-order valence-electron chi connectivity index (χ1n) is 15.4. The van der Waals surface area contributed by atoms with E-state index in [-0.39, 0.29) is 18.9 Å². The minimum absolute atomic E-state index is 0.0266. The maximum atomic E-state index is 13.6. The highest BCUT2D eigenvalue weighted by molar-refractivity contribution is 6.07. The van der Waals surface area contributed by atoms with Gasteiger partial charge in [-0.15, -0.1) is 0 Å². The van der Waals surface area contributed by atoms with E-state index < -0.39 is 24.3 Å². The van der Waals surface area contributed by atoms with E-state index in [0.29, 0.717) is 40.6 Å². The number of amides is 2. The van der Waals surface area contributed by atoms with Crippen LogP contribution in [0.25, 0.3) is 11.0 Å². The maximum absolute atomic E-state index is 13.6. The smallest absolute Gasteiger partial charge is 0.408 e. The molecule has 46 heavy (non-hydrogen) atoms. The molecule has 2 aromatic heterocycles. The molecule has 12 heteroatoms. The number of fused-ring (bicyclic) bond motifs is 1. The first kappa shape index (κ1) is 33.9. The fraction of sp³-hybridized carbons (Fsp3) is 0.382. The number of hydrogen-bond acceptors (Lipinski definition) is 9. The van der Waals surface area contributed by atoms with Gasteiger partial charge in [0.2, 0.25) is 0 Å². The second-order valence-corrected chi connectivity index (χ2v) is 10.9. The van der Waals surface area contributed by atoms with Gasteiger partial charge in [0.15, 0.2) is 11.9 Å². The Labute approximate surface area is 268 Å². The van der Waals surface area contributed by atoms with Crippen molar-refractivity contribution in [3.8, 4) is 5.75 Å². The number of anilines is 1. The van der Waals surface area contributed by atoms with Crippen LogP contribution in [0.15, 0.2) is 66.9 Å². The van der Waals surface area contributed by atoms with E-state index in [0.717, 1.165) is 31.2 Å². The molecule has 2 amide bonds. The molecule has 4 rings (SSSR count). The van der Waals surface area contributed by atoms with Gasteiger partial charge in [0, 0.05) is 25.4 Å². The van der Waals surface area contributed by atoms with Crippen LogP contribution in [0, 0.1) is 0 Å². The van der Waals surface area contributed by atoms with Crippen LogP contribution in [0.1, 0.15) is 80.0 Å². The van der Waals surface area contributed by atoms with Gasteiger partial charge in [-0.3, -0.25) is 14.5 Å². The summed E-state index contributed by atoms with van der Waals surface area (Å²) in [7, 11) is 3.20. The average molecular weight is 631 g/mol. The Bertz CT molecular complexity index is 1610. The Morgan fingerprint density at radius 3 is 2.52 bits per heavy atom. The lowest BCUT2D eigenvalue weighted by Crippen LogP contribution is -2.34. The minimum atomic E-state index is -0.722. The number of nitrogens with two attached hydrogens (primary N) is 1. The summed E-state index contributed by atoms with van der Waals surface area (Å²) in [4.78, 5) is 48.0. The van der Waals surface area contributed by atoms with Crippen LogP contribution in [0.2, 0.25) is 0 Å². The molecule has 0 aliphatic rings.